The van der Waals surface area contributed by atoms with Gasteiger partial charge in [0.25, 0.3) is 5.69 Å². The Hall–Kier alpha value is -2.54. The zero-order valence-corrected chi connectivity index (χ0v) is 13.6. The van der Waals surface area contributed by atoms with Crippen molar-refractivity contribution in [2.24, 2.45) is 5.92 Å². The molecule has 1 aromatic carbocycles. The zero-order valence-electron chi connectivity index (χ0n) is 13.6. The normalized spacial score (nSPS) is 26.0. The summed E-state index contributed by atoms with van der Waals surface area (Å²) in [5.74, 6) is -0.678. The van der Waals surface area contributed by atoms with Crippen molar-refractivity contribution in [3.8, 4) is 0 Å². The second-order valence-corrected chi connectivity index (χ2v) is 6.55. The summed E-state index contributed by atoms with van der Waals surface area (Å²) in [7, 11) is 0. The van der Waals surface area contributed by atoms with E-state index in [0.29, 0.717) is 17.0 Å². The molecular weight excluding hydrogens is 312 g/mol. The Morgan fingerprint density at radius 3 is 2.58 bits per heavy atom. The van der Waals surface area contributed by atoms with Crippen molar-refractivity contribution in [1.29, 1.82) is 0 Å². The van der Waals surface area contributed by atoms with Gasteiger partial charge in [0.05, 0.1) is 22.1 Å². The first kappa shape index (κ1) is 16.3. The highest BCUT2D eigenvalue weighted by Crippen LogP contribution is 2.47. The van der Waals surface area contributed by atoms with Crippen LogP contribution in [-0.2, 0) is 11.2 Å². The van der Waals surface area contributed by atoms with Crippen LogP contribution in [0.3, 0.4) is 0 Å². The number of carbonyl (C=O) groups excluding carboxylic acids is 1. The fraction of sp³-hybridized carbons (Fsp3) is 0.412. The van der Waals surface area contributed by atoms with Crippen LogP contribution in [0.15, 0.2) is 28.8 Å². The molecule has 0 saturated carbocycles. The number of fused-ring (bicyclic) bond motifs is 1. The number of ketones is 1. The second kappa shape index (κ2) is 5.52. The van der Waals surface area contributed by atoms with E-state index in [-0.39, 0.29) is 17.9 Å². The van der Waals surface area contributed by atoms with Crippen LogP contribution < -0.4 is 0 Å². The van der Waals surface area contributed by atoms with Gasteiger partial charge in [-0.05, 0) is 26.3 Å². The third kappa shape index (κ3) is 2.50. The molecule has 0 saturated heterocycles. The van der Waals surface area contributed by atoms with Gasteiger partial charge < -0.3 is 9.63 Å². The first-order valence-corrected chi connectivity index (χ1v) is 7.64. The molecule has 7 nitrogen and oxygen atoms in total. The van der Waals surface area contributed by atoms with E-state index in [9.17, 15) is 20.0 Å². The summed E-state index contributed by atoms with van der Waals surface area (Å²) < 4.78 is 5.27. The van der Waals surface area contributed by atoms with Gasteiger partial charge in [-0.3, -0.25) is 14.9 Å². The van der Waals surface area contributed by atoms with Crippen LogP contribution in [0.2, 0.25) is 0 Å². The molecule has 3 rings (SSSR count). The van der Waals surface area contributed by atoms with Crippen LogP contribution in [0.5, 0.6) is 0 Å². The molecule has 1 aliphatic carbocycles. The third-order valence-corrected chi connectivity index (χ3v) is 4.72. The summed E-state index contributed by atoms with van der Waals surface area (Å²) in [6.07, 6.45) is 0.230. The molecule has 1 aliphatic rings. The maximum absolute atomic E-state index is 12.3. The first-order valence-electron chi connectivity index (χ1n) is 7.64. The quantitative estimate of drug-likeness (QED) is 0.684. The number of hydrogen-bond donors (Lipinski definition) is 1. The number of hydrogen-bond acceptors (Lipinski definition) is 6. The minimum absolute atomic E-state index is 0.0250. The molecule has 3 atom stereocenters. The topological polar surface area (TPSA) is 106 Å². The Kier molecular flexibility index (Phi) is 3.76. The maximum atomic E-state index is 12.3. The monoisotopic (exact) mass is 330 g/mol. The molecule has 126 valence electrons. The van der Waals surface area contributed by atoms with Crippen LogP contribution in [0, 0.1) is 23.0 Å². The standard InChI is InChI=1S/C17H18N2O5/c1-9(20)16-15(11-4-6-12(7-5-11)19(22)23)14-10(2)24-18-13(14)8-17(16,3)21/h4-7,15-16,21H,8H2,1-3H3/t15-,16+,17-/m1/s1. The number of non-ortho nitro benzene ring substituents is 1. The first-order chi connectivity index (χ1) is 11.2. The molecule has 1 aromatic heterocycles. The van der Waals surface area contributed by atoms with Gasteiger partial charge in [-0.25, -0.2) is 0 Å². The summed E-state index contributed by atoms with van der Waals surface area (Å²) >= 11 is 0. The predicted molar refractivity (Wildman–Crippen MR) is 84.7 cm³/mol. The molecule has 0 amide bonds. The average Bonchev–Trinajstić information content (AvgIpc) is 2.85. The molecule has 0 bridgehead atoms. The number of rotatable bonds is 3. The molecule has 2 aromatic rings. The molecule has 0 unspecified atom stereocenters. The van der Waals surface area contributed by atoms with E-state index in [0.717, 1.165) is 5.56 Å². The van der Waals surface area contributed by atoms with Crippen LogP contribution >= 0.6 is 0 Å². The number of aryl methyl sites for hydroxylation is 1. The lowest BCUT2D eigenvalue weighted by Crippen LogP contribution is -2.48. The van der Waals surface area contributed by atoms with E-state index in [1.807, 2.05) is 0 Å². The van der Waals surface area contributed by atoms with E-state index in [4.69, 9.17) is 4.52 Å². The van der Waals surface area contributed by atoms with Crippen molar-refractivity contribution >= 4 is 11.5 Å². The zero-order chi connectivity index (χ0) is 17.6. The molecule has 1 N–H and O–H groups in total. The largest absolute Gasteiger partial charge is 0.389 e. The fourth-order valence-corrected chi connectivity index (χ4v) is 3.76. The van der Waals surface area contributed by atoms with Gasteiger partial charge in [0.2, 0.25) is 0 Å². The van der Waals surface area contributed by atoms with Crippen molar-refractivity contribution in [3.63, 3.8) is 0 Å². The van der Waals surface area contributed by atoms with Gasteiger partial charge in [0.15, 0.2) is 0 Å². The average molecular weight is 330 g/mol. The lowest BCUT2D eigenvalue weighted by molar-refractivity contribution is -0.384. The minimum atomic E-state index is -1.27. The van der Waals surface area contributed by atoms with Crippen LogP contribution in [0.4, 0.5) is 5.69 Å². The number of nitro groups is 1. The van der Waals surface area contributed by atoms with Crippen molar-refractivity contribution in [2.45, 2.75) is 38.7 Å². The van der Waals surface area contributed by atoms with Crippen LogP contribution in [0.25, 0.3) is 0 Å². The molecule has 0 radical (unpaired) electrons. The minimum Gasteiger partial charge on any atom is -0.389 e. The summed E-state index contributed by atoms with van der Waals surface area (Å²) in [4.78, 5) is 22.7. The Balaban J connectivity index is 2.18. The van der Waals surface area contributed by atoms with Crippen molar-refractivity contribution in [1.82, 2.24) is 5.16 Å². The maximum Gasteiger partial charge on any atom is 0.269 e. The number of nitro benzene ring substituents is 1. The molecule has 1 heterocycles. The molecule has 24 heavy (non-hydrogen) atoms. The Morgan fingerprint density at radius 2 is 2.04 bits per heavy atom. The van der Waals surface area contributed by atoms with Crippen molar-refractivity contribution < 1.29 is 19.3 Å². The lowest BCUT2D eigenvalue weighted by atomic mass is 9.64. The predicted octanol–water partition coefficient (Wildman–Crippen LogP) is 2.54. The second-order valence-electron chi connectivity index (χ2n) is 6.55. The molecular formula is C17H18N2O5. The van der Waals surface area contributed by atoms with Gasteiger partial charge in [0.1, 0.15) is 11.5 Å². The van der Waals surface area contributed by atoms with E-state index in [1.165, 1.54) is 19.1 Å². The molecule has 0 aliphatic heterocycles. The van der Waals surface area contributed by atoms with E-state index >= 15 is 0 Å². The highest BCUT2D eigenvalue weighted by atomic mass is 16.6. The summed E-state index contributed by atoms with van der Waals surface area (Å²) in [6, 6.07) is 6.05. The van der Waals surface area contributed by atoms with E-state index < -0.39 is 22.4 Å². The summed E-state index contributed by atoms with van der Waals surface area (Å²) in [5, 5.41) is 25.7. The van der Waals surface area contributed by atoms with Gasteiger partial charge >= 0.3 is 0 Å². The summed E-state index contributed by atoms with van der Waals surface area (Å²) in [5.41, 5.74) is 0.833. The van der Waals surface area contributed by atoms with Gasteiger partial charge in [-0.2, -0.15) is 0 Å². The highest BCUT2D eigenvalue weighted by molar-refractivity contribution is 5.82. The van der Waals surface area contributed by atoms with Crippen LogP contribution in [-0.4, -0.2) is 26.6 Å². The molecule has 7 heteroatoms. The molecule has 0 fully saturated rings. The Morgan fingerprint density at radius 1 is 1.42 bits per heavy atom. The highest BCUT2D eigenvalue weighted by Gasteiger charge is 2.49. The number of nitrogens with zero attached hydrogens (tertiary/aromatic N) is 2. The summed E-state index contributed by atoms with van der Waals surface area (Å²) in [6.45, 7) is 4.83. The number of aliphatic hydroxyl groups is 1. The number of benzene rings is 1. The fourth-order valence-electron chi connectivity index (χ4n) is 3.76. The van der Waals surface area contributed by atoms with Gasteiger partial charge in [-0.1, -0.05) is 17.3 Å². The SMILES string of the molecule is CC(=O)[C@H]1[C@H](c2ccc([N+](=O)[O-])cc2)c2c(noc2C)C[C@@]1(C)O. The van der Waals surface area contributed by atoms with E-state index in [1.54, 1.807) is 26.0 Å². The van der Waals surface area contributed by atoms with Gasteiger partial charge in [-0.15, -0.1) is 0 Å². The molecule has 0 spiro atoms. The Labute approximate surface area is 138 Å². The van der Waals surface area contributed by atoms with E-state index in [2.05, 4.69) is 5.16 Å². The smallest absolute Gasteiger partial charge is 0.269 e. The Bertz CT molecular complexity index is 807. The van der Waals surface area contributed by atoms with Crippen molar-refractivity contribution in [3.05, 3.63) is 57.0 Å². The number of aromatic nitrogens is 1. The number of carbonyl (C=O) groups is 1. The van der Waals surface area contributed by atoms with Crippen molar-refractivity contribution in [2.75, 3.05) is 0 Å². The number of Topliss-reactive ketones (excluding diaryl/α,β-unsaturated/α-hetero) is 1. The van der Waals surface area contributed by atoms with Gasteiger partial charge in [0, 0.05) is 30.0 Å². The third-order valence-electron chi connectivity index (χ3n) is 4.72. The van der Waals surface area contributed by atoms with Crippen LogP contribution in [0.1, 0.15) is 42.3 Å². The lowest BCUT2D eigenvalue weighted by Gasteiger charge is -2.40.